The molecule has 1 aromatic heterocycles. The van der Waals surface area contributed by atoms with E-state index in [1.807, 2.05) is 0 Å². The molecule has 106 valence electrons. The zero-order valence-corrected chi connectivity index (χ0v) is 10.9. The molecule has 0 saturated carbocycles. The molecule has 0 amide bonds. The standard InChI is InChI=1S/C16H11FO4/c17-13-3-1-2-4-14(13)20-9-12-7-10-5-6-11(16(18)19)8-15(10)21-12/h1-8H,9H2,(H,18,19). The van der Waals surface area contributed by atoms with Gasteiger partial charge in [-0.1, -0.05) is 18.2 Å². The lowest BCUT2D eigenvalue weighted by Crippen LogP contribution is -1.95. The number of carboxylic acids is 1. The van der Waals surface area contributed by atoms with Crippen LogP contribution in [0.25, 0.3) is 11.0 Å². The number of para-hydroxylation sites is 1. The summed E-state index contributed by atoms with van der Waals surface area (Å²) < 4.78 is 24.3. The molecule has 0 aliphatic heterocycles. The highest BCUT2D eigenvalue weighted by atomic mass is 19.1. The van der Waals surface area contributed by atoms with Gasteiger partial charge in [0.15, 0.2) is 11.6 Å². The summed E-state index contributed by atoms with van der Waals surface area (Å²) in [5.74, 6) is -0.820. The van der Waals surface area contributed by atoms with Gasteiger partial charge in [-0.05, 0) is 30.3 Å². The number of benzene rings is 2. The molecule has 0 radical (unpaired) electrons. The minimum absolute atomic E-state index is 0.0675. The summed E-state index contributed by atoms with van der Waals surface area (Å²) >= 11 is 0. The number of carbonyl (C=O) groups is 1. The number of furan rings is 1. The van der Waals surface area contributed by atoms with E-state index in [2.05, 4.69) is 0 Å². The fourth-order valence-electron chi connectivity index (χ4n) is 2.00. The van der Waals surface area contributed by atoms with Crippen molar-refractivity contribution in [2.75, 3.05) is 0 Å². The zero-order chi connectivity index (χ0) is 14.8. The van der Waals surface area contributed by atoms with E-state index in [4.69, 9.17) is 14.3 Å². The smallest absolute Gasteiger partial charge is 0.335 e. The van der Waals surface area contributed by atoms with Gasteiger partial charge in [0.2, 0.25) is 0 Å². The van der Waals surface area contributed by atoms with Crippen molar-refractivity contribution in [3.05, 3.63) is 65.7 Å². The molecule has 0 bridgehead atoms. The van der Waals surface area contributed by atoms with Gasteiger partial charge in [0.25, 0.3) is 0 Å². The summed E-state index contributed by atoms with van der Waals surface area (Å²) in [6.07, 6.45) is 0. The van der Waals surface area contributed by atoms with E-state index in [1.165, 1.54) is 24.3 Å². The molecule has 1 N–H and O–H groups in total. The molecule has 3 rings (SSSR count). The first-order valence-electron chi connectivity index (χ1n) is 6.26. The summed E-state index contributed by atoms with van der Waals surface area (Å²) in [4.78, 5) is 10.9. The molecule has 4 nitrogen and oxygen atoms in total. The van der Waals surface area contributed by atoms with Crippen molar-refractivity contribution in [3.63, 3.8) is 0 Å². The Morgan fingerprint density at radius 3 is 2.76 bits per heavy atom. The topological polar surface area (TPSA) is 59.7 Å². The van der Waals surface area contributed by atoms with Gasteiger partial charge in [-0.25, -0.2) is 9.18 Å². The third-order valence-corrected chi connectivity index (χ3v) is 3.02. The molecular weight excluding hydrogens is 275 g/mol. The monoisotopic (exact) mass is 286 g/mol. The number of fused-ring (bicyclic) bond motifs is 1. The van der Waals surface area contributed by atoms with Crippen LogP contribution in [0.3, 0.4) is 0 Å². The van der Waals surface area contributed by atoms with Gasteiger partial charge in [-0.3, -0.25) is 0 Å². The van der Waals surface area contributed by atoms with Crippen LogP contribution in [-0.4, -0.2) is 11.1 Å². The van der Waals surface area contributed by atoms with E-state index >= 15 is 0 Å². The predicted molar refractivity (Wildman–Crippen MR) is 73.9 cm³/mol. The molecule has 0 atom stereocenters. The minimum Gasteiger partial charge on any atom is -0.483 e. The van der Waals surface area contributed by atoms with Gasteiger partial charge in [-0.15, -0.1) is 0 Å². The molecule has 0 unspecified atom stereocenters. The van der Waals surface area contributed by atoms with Gasteiger partial charge in [-0.2, -0.15) is 0 Å². The first kappa shape index (κ1) is 13.2. The van der Waals surface area contributed by atoms with Crippen molar-refractivity contribution in [2.45, 2.75) is 6.61 Å². The van der Waals surface area contributed by atoms with Crippen molar-refractivity contribution in [3.8, 4) is 5.75 Å². The van der Waals surface area contributed by atoms with E-state index in [0.29, 0.717) is 11.3 Å². The summed E-state index contributed by atoms with van der Waals surface area (Å²) in [6.45, 7) is 0.0675. The maximum Gasteiger partial charge on any atom is 0.335 e. The summed E-state index contributed by atoms with van der Waals surface area (Å²) in [5.41, 5.74) is 0.612. The fourth-order valence-corrected chi connectivity index (χ4v) is 2.00. The van der Waals surface area contributed by atoms with Crippen LogP contribution in [0, 0.1) is 5.82 Å². The number of aromatic carboxylic acids is 1. The zero-order valence-electron chi connectivity index (χ0n) is 10.9. The summed E-state index contributed by atoms with van der Waals surface area (Å²) in [5, 5.41) is 9.70. The van der Waals surface area contributed by atoms with Crippen LogP contribution in [0.15, 0.2) is 52.9 Å². The van der Waals surface area contributed by atoms with Crippen LogP contribution >= 0.6 is 0 Å². The quantitative estimate of drug-likeness (QED) is 0.791. The van der Waals surface area contributed by atoms with Crippen LogP contribution in [0.4, 0.5) is 4.39 Å². The minimum atomic E-state index is -1.02. The number of halogens is 1. The van der Waals surface area contributed by atoms with E-state index in [9.17, 15) is 9.18 Å². The van der Waals surface area contributed by atoms with E-state index in [0.717, 1.165) is 5.39 Å². The average Bonchev–Trinajstić information content (AvgIpc) is 2.88. The lowest BCUT2D eigenvalue weighted by atomic mass is 10.2. The maximum absolute atomic E-state index is 13.4. The van der Waals surface area contributed by atoms with Crippen molar-refractivity contribution in [1.82, 2.24) is 0 Å². The van der Waals surface area contributed by atoms with Crippen LogP contribution in [-0.2, 0) is 6.61 Å². The Hall–Kier alpha value is -2.82. The first-order chi connectivity index (χ1) is 10.1. The number of hydrogen-bond donors (Lipinski definition) is 1. The lowest BCUT2D eigenvalue weighted by Gasteiger charge is -2.04. The third-order valence-electron chi connectivity index (χ3n) is 3.02. The lowest BCUT2D eigenvalue weighted by molar-refractivity contribution is 0.0697. The summed E-state index contributed by atoms with van der Waals surface area (Å²) in [7, 11) is 0. The van der Waals surface area contributed by atoms with Gasteiger partial charge >= 0.3 is 5.97 Å². The largest absolute Gasteiger partial charge is 0.483 e. The second-order valence-corrected chi connectivity index (χ2v) is 4.49. The number of hydrogen-bond acceptors (Lipinski definition) is 3. The molecule has 5 heteroatoms. The highest BCUT2D eigenvalue weighted by molar-refractivity contribution is 5.92. The molecule has 0 aliphatic carbocycles. The Morgan fingerprint density at radius 1 is 1.19 bits per heavy atom. The normalized spacial score (nSPS) is 10.7. The SMILES string of the molecule is O=C(O)c1ccc2cc(COc3ccccc3F)oc2c1. The van der Waals surface area contributed by atoms with Crippen molar-refractivity contribution in [1.29, 1.82) is 0 Å². The molecule has 0 saturated heterocycles. The van der Waals surface area contributed by atoms with Crippen molar-refractivity contribution in [2.24, 2.45) is 0 Å². The summed E-state index contributed by atoms with van der Waals surface area (Å²) in [6, 6.07) is 12.4. The predicted octanol–water partition coefficient (Wildman–Crippen LogP) is 3.85. The van der Waals surface area contributed by atoms with Crippen molar-refractivity contribution < 1.29 is 23.4 Å². The Kier molecular flexibility index (Phi) is 3.31. The van der Waals surface area contributed by atoms with E-state index in [-0.39, 0.29) is 17.9 Å². The molecule has 0 fully saturated rings. The number of ether oxygens (including phenoxy) is 1. The molecule has 2 aromatic carbocycles. The fraction of sp³-hybridized carbons (Fsp3) is 0.0625. The van der Waals surface area contributed by atoms with E-state index in [1.54, 1.807) is 24.3 Å². The van der Waals surface area contributed by atoms with Gasteiger partial charge < -0.3 is 14.3 Å². The molecule has 0 spiro atoms. The highest BCUT2D eigenvalue weighted by Gasteiger charge is 2.09. The Bertz CT molecular complexity index is 807. The van der Waals surface area contributed by atoms with Gasteiger partial charge in [0, 0.05) is 5.39 Å². The molecular formula is C16H11FO4. The Morgan fingerprint density at radius 2 is 2.00 bits per heavy atom. The molecule has 3 aromatic rings. The Balaban J connectivity index is 1.82. The third kappa shape index (κ3) is 2.72. The second-order valence-electron chi connectivity index (χ2n) is 4.49. The van der Waals surface area contributed by atoms with Crippen LogP contribution in [0.5, 0.6) is 5.75 Å². The van der Waals surface area contributed by atoms with Crippen LogP contribution in [0.2, 0.25) is 0 Å². The maximum atomic E-state index is 13.4. The average molecular weight is 286 g/mol. The molecule has 0 aliphatic rings. The Labute approximate surface area is 119 Å². The molecule has 1 heterocycles. The highest BCUT2D eigenvalue weighted by Crippen LogP contribution is 2.23. The van der Waals surface area contributed by atoms with Crippen LogP contribution in [0.1, 0.15) is 16.1 Å². The van der Waals surface area contributed by atoms with Gasteiger partial charge in [0.05, 0.1) is 5.56 Å². The van der Waals surface area contributed by atoms with Crippen LogP contribution < -0.4 is 4.74 Å². The second kappa shape index (κ2) is 5.28. The van der Waals surface area contributed by atoms with Crippen molar-refractivity contribution >= 4 is 16.9 Å². The number of carboxylic acid groups (broad SMARTS) is 1. The van der Waals surface area contributed by atoms with Gasteiger partial charge in [0.1, 0.15) is 18.0 Å². The first-order valence-corrected chi connectivity index (χ1v) is 6.26. The number of rotatable bonds is 4. The molecule has 21 heavy (non-hydrogen) atoms. The van der Waals surface area contributed by atoms with E-state index < -0.39 is 11.8 Å².